The summed E-state index contributed by atoms with van der Waals surface area (Å²) in [5.74, 6) is 4.22. The predicted octanol–water partition coefficient (Wildman–Crippen LogP) is 9.83. The first-order valence-corrected chi connectivity index (χ1v) is 19.7. The Morgan fingerprint density at radius 1 is 0.800 bits per heavy atom. The number of ketones is 1. The van der Waals surface area contributed by atoms with E-state index in [2.05, 4.69) is 56.4 Å². The Bertz CT molecular complexity index is 2000. The van der Waals surface area contributed by atoms with Crippen LogP contribution in [0.1, 0.15) is 117 Å². The van der Waals surface area contributed by atoms with Gasteiger partial charge in [-0.25, -0.2) is 4.79 Å². The van der Waals surface area contributed by atoms with Gasteiger partial charge in [0, 0.05) is 23.1 Å². The van der Waals surface area contributed by atoms with Crippen molar-refractivity contribution in [1.82, 2.24) is 5.32 Å². The van der Waals surface area contributed by atoms with E-state index in [4.69, 9.17) is 4.42 Å². The van der Waals surface area contributed by atoms with E-state index in [0.29, 0.717) is 27.9 Å². The first-order chi connectivity index (χ1) is 24.2. The molecule has 4 aromatic rings. The molecular weight excluding hydrogens is 615 g/mol. The molecule has 3 aromatic carbocycles. The molecule has 0 radical (unpaired) electrons. The van der Waals surface area contributed by atoms with Crippen molar-refractivity contribution in [3.8, 4) is 0 Å². The van der Waals surface area contributed by atoms with Gasteiger partial charge < -0.3 is 9.73 Å². The number of carbonyl (C=O) groups excluding carboxylic acids is 1. The molecule has 50 heavy (non-hydrogen) atoms. The first-order valence-electron chi connectivity index (χ1n) is 19.7. The Labute approximate surface area is 297 Å². The van der Waals surface area contributed by atoms with E-state index < -0.39 is 0 Å². The van der Waals surface area contributed by atoms with Crippen LogP contribution in [-0.2, 0) is 24.8 Å². The molecule has 9 rings (SSSR count). The fourth-order valence-electron chi connectivity index (χ4n) is 12.5. The molecule has 2 heterocycles. The summed E-state index contributed by atoms with van der Waals surface area (Å²) in [6, 6.07) is 24.0. The second-order valence-corrected chi connectivity index (χ2v) is 17.6. The van der Waals surface area contributed by atoms with E-state index in [-0.39, 0.29) is 16.9 Å². The van der Waals surface area contributed by atoms with E-state index in [1.54, 1.807) is 0 Å². The zero-order chi connectivity index (χ0) is 34.3. The molecule has 4 nitrogen and oxygen atoms in total. The molecule has 0 amide bonds. The van der Waals surface area contributed by atoms with Gasteiger partial charge in [0.05, 0.1) is 11.1 Å². The van der Waals surface area contributed by atoms with Crippen LogP contribution in [0.25, 0.3) is 11.0 Å². The van der Waals surface area contributed by atoms with Crippen molar-refractivity contribution in [2.75, 3.05) is 6.54 Å². The first kappa shape index (κ1) is 32.4. The predicted molar refractivity (Wildman–Crippen MR) is 200 cm³/mol. The second-order valence-electron chi connectivity index (χ2n) is 17.6. The maximum Gasteiger partial charge on any atom is 0.341 e. The van der Waals surface area contributed by atoms with Crippen LogP contribution in [0.4, 0.5) is 0 Å². The van der Waals surface area contributed by atoms with E-state index in [1.807, 2.05) is 42.5 Å². The third-order valence-corrected chi connectivity index (χ3v) is 15.6. The highest BCUT2D eigenvalue weighted by Crippen LogP contribution is 2.68. The Hall–Kier alpha value is -3.50. The van der Waals surface area contributed by atoms with Gasteiger partial charge >= 0.3 is 5.63 Å². The summed E-state index contributed by atoms with van der Waals surface area (Å²) in [4.78, 5) is 26.9. The topological polar surface area (TPSA) is 59.3 Å². The Morgan fingerprint density at radius 2 is 1.54 bits per heavy atom. The molecule has 4 aliphatic carbocycles. The van der Waals surface area contributed by atoms with Gasteiger partial charge in [0.25, 0.3) is 0 Å². The molecule has 1 spiro atoms. The van der Waals surface area contributed by atoms with Gasteiger partial charge in [-0.05, 0) is 140 Å². The number of benzene rings is 3. The lowest BCUT2D eigenvalue weighted by Gasteiger charge is -2.63. The van der Waals surface area contributed by atoms with Gasteiger partial charge in [-0.2, -0.15) is 0 Å². The highest BCUT2D eigenvalue weighted by atomic mass is 16.4. The Balaban J connectivity index is 0.933. The monoisotopic (exact) mass is 667 g/mol. The number of carbonyl (C=O) groups is 1. The molecule has 4 heteroatoms. The third kappa shape index (κ3) is 5.02. The molecule has 0 unspecified atom stereocenters. The lowest BCUT2D eigenvalue weighted by Crippen LogP contribution is -2.60. The van der Waals surface area contributed by atoms with Crippen LogP contribution in [-0.4, -0.2) is 12.3 Å². The van der Waals surface area contributed by atoms with Gasteiger partial charge in [0.15, 0.2) is 5.78 Å². The summed E-state index contributed by atoms with van der Waals surface area (Å²) in [7, 11) is 0. The van der Waals surface area contributed by atoms with Crippen LogP contribution in [0.5, 0.6) is 0 Å². The van der Waals surface area contributed by atoms with E-state index in [0.717, 1.165) is 78.9 Å². The molecule has 0 saturated heterocycles. The van der Waals surface area contributed by atoms with Crippen molar-refractivity contribution in [2.24, 2.45) is 40.4 Å². The van der Waals surface area contributed by atoms with Gasteiger partial charge in [-0.3, -0.25) is 4.79 Å². The number of fused-ring (bicyclic) bond motifs is 9. The van der Waals surface area contributed by atoms with Crippen molar-refractivity contribution in [3.05, 3.63) is 117 Å². The van der Waals surface area contributed by atoms with Crippen molar-refractivity contribution in [1.29, 1.82) is 0 Å². The molecule has 1 N–H and O–H groups in total. The normalized spacial score (nSPS) is 34.5. The van der Waals surface area contributed by atoms with Gasteiger partial charge in [-0.15, -0.1) is 0 Å². The number of rotatable bonds is 5. The highest BCUT2D eigenvalue weighted by molar-refractivity contribution is 6.08. The van der Waals surface area contributed by atoms with Crippen molar-refractivity contribution < 1.29 is 9.21 Å². The zero-order valence-corrected chi connectivity index (χ0v) is 30.2. The summed E-state index contributed by atoms with van der Waals surface area (Å²) in [5, 5.41) is 5.07. The van der Waals surface area contributed by atoms with Crippen LogP contribution in [0.2, 0.25) is 0 Å². The van der Waals surface area contributed by atoms with Crippen molar-refractivity contribution >= 4 is 16.8 Å². The van der Waals surface area contributed by atoms with Crippen LogP contribution in [0.3, 0.4) is 0 Å². The van der Waals surface area contributed by atoms with Crippen LogP contribution < -0.4 is 10.9 Å². The molecule has 1 aliphatic heterocycles. The summed E-state index contributed by atoms with van der Waals surface area (Å²) in [6.45, 7) is 8.72. The van der Waals surface area contributed by atoms with Gasteiger partial charge in [0.1, 0.15) is 5.58 Å². The molecular formula is C46H53NO3. The molecule has 5 aliphatic rings. The quantitative estimate of drug-likeness (QED) is 0.170. The molecule has 1 aromatic heterocycles. The lowest BCUT2D eigenvalue weighted by atomic mass is 9.43. The molecule has 0 bridgehead atoms. The van der Waals surface area contributed by atoms with Crippen LogP contribution >= 0.6 is 0 Å². The van der Waals surface area contributed by atoms with Crippen molar-refractivity contribution in [2.45, 2.75) is 103 Å². The average molecular weight is 668 g/mol. The van der Waals surface area contributed by atoms with E-state index >= 15 is 0 Å². The largest absolute Gasteiger partial charge is 0.422 e. The van der Waals surface area contributed by atoms with Gasteiger partial charge in [-0.1, -0.05) is 87.5 Å². The molecule has 4 saturated carbocycles. The maximum absolute atomic E-state index is 14.1. The van der Waals surface area contributed by atoms with E-state index in [1.165, 1.54) is 61.6 Å². The standard InChI is InChI=1S/C46H53NO3/c1-29-9-20-38-37-19-17-34-28-46(25-24-45(34,3)39(37)21-23-44(29,38)2)41-36(22-26-47-46)35-18-14-31(27-40(35)50-43(41)49)11-10-30-12-15-33(16-13-30)42(48)32-7-5-4-6-8-32/h4-8,12-16,18,27,29,34,37-39,47H,9-11,17,19-26,28H2,1-3H3/t29-,34-,37-,38-,39-,44+,45-,46+/m0/s1. The lowest BCUT2D eigenvalue weighted by molar-refractivity contribution is -0.124. The zero-order valence-electron chi connectivity index (χ0n) is 30.2. The average Bonchev–Trinajstić information content (AvgIpc) is 3.45. The SMILES string of the molecule is C[C@H]1CC[C@H]2[C@@H]3CC[C@H]4C[C@@]5(CC[C@]4(C)[C@H]3CC[C@]12C)NCCc1c5c(=O)oc2cc(CCc3ccc(C(=O)c4ccccc4)cc3)ccc12. The minimum Gasteiger partial charge on any atom is -0.422 e. The number of nitrogens with one attached hydrogen (secondary N) is 1. The molecule has 260 valence electrons. The summed E-state index contributed by atoms with van der Waals surface area (Å²) in [6.07, 6.45) is 14.3. The second kappa shape index (κ2) is 12.0. The maximum atomic E-state index is 14.1. The third-order valence-electron chi connectivity index (χ3n) is 15.6. The van der Waals surface area contributed by atoms with Gasteiger partial charge in [0.2, 0.25) is 0 Å². The fourth-order valence-corrected chi connectivity index (χ4v) is 12.5. The summed E-state index contributed by atoms with van der Waals surface area (Å²) >= 11 is 0. The number of hydrogen-bond acceptors (Lipinski definition) is 4. The smallest absolute Gasteiger partial charge is 0.341 e. The molecule has 8 atom stereocenters. The Morgan fingerprint density at radius 3 is 2.36 bits per heavy atom. The fraction of sp³-hybridized carbons (Fsp3) is 0.522. The summed E-state index contributed by atoms with van der Waals surface area (Å²) in [5.41, 5.74) is 7.21. The minimum atomic E-state index is -0.267. The highest BCUT2D eigenvalue weighted by Gasteiger charge is 2.61. The van der Waals surface area contributed by atoms with Crippen molar-refractivity contribution in [3.63, 3.8) is 0 Å². The Kier molecular flexibility index (Phi) is 7.81. The number of aryl methyl sites for hydroxylation is 2. The number of hydrogen-bond donors (Lipinski definition) is 1. The van der Waals surface area contributed by atoms with E-state index in [9.17, 15) is 9.59 Å². The van der Waals surface area contributed by atoms with Crippen LogP contribution in [0.15, 0.2) is 82.0 Å². The molecule has 4 fully saturated rings. The minimum absolute atomic E-state index is 0.0482. The van der Waals surface area contributed by atoms with Crippen LogP contribution in [0, 0.1) is 40.4 Å². The summed E-state index contributed by atoms with van der Waals surface area (Å²) < 4.78 is 6.25.